The molecule has 4 atom stereocenters. The van der Waals surface area contributed by atoms with Crippen LogP contribution in [-0.4, -0.2) is 70.9 Å². The molecule has 1 aromatic carbocycles. The van der Waals surface area contributed by atoms with Crippen molar-refractivity contribution in [3.8, 4) is 0 Å². The first-order valence-electron chi connectivity index (χ1n) is 15.6. The summed E-state index contributed by atoms with van der Waals surface area (Å²) in [7, 11) is 0. The fourth-order valence-corrected chi connectivity index (χ4v) is 5.05. The first-order chi connectivity index (χ1) is 20.5. The molecule has 1 saturated heterocycles. The Bertz CT molecular complexity index is 1170. The van der Waals surface area contributed by atoms with Gasteiger partial charge in [0.2, 0.25) is 17.6 Å². The standard InChI is InChI=1S/C28H41N5O6.C5H10/c1-16(2)19(15-21(34)18-11-8-7-9-12-18)31-27(39)32-23(28(4,5)6)26(38)33-14-10-13-20(33)25(37)30-17(3)22(35)24(29)36;1-5-3-2-4-5/h7-9,11-12,16-17,19-20,23H,10,13-15H2,1-6H3,(H2,29,36)(H,30,37)(H2,31,32,39);5H,2-4H2,1H3/t17?,19?,20-,23?;/m0./s1. The maximum absolute atomic E-state index is 13.7. The summed E-state index contributed by atoms with van der Waals surface area (Å²) < 4.78 is 0. The highest BCUT2D eigenvalue weighted by Gasteiger charge is 2.42. The first kappa shape index (κ1) is 36.4. The van der Waals surface area contributed by atoms with Crippen molar-refractivity contribution in [3.05, 3.63) is 35.9 Å². The number of nitrogens with one attached hydrogen (secondary N) is 3. The number of rotatable bonds is 11. The SMILES string of the molecule is CC(NC(=O)[C@@H]1CCCN1C(=O)C(NC(=O)NC(CC(=O)c1ccccc1)C(C)C)C(C)(C)C)C(=O)C(N)=O.CC1CCC1. The number of carbonyl (C=O) groups is 6. The van der Waals surface area contributed by atoms with E-state index in [1.54, 1.807) is 45.0 Å². The van der Waals surface area contributed by atoms with Gasteiger partial charge < -0.3 is 26.6 Å². The Hall–Kier alpha value is -3.76. The lowest BCUT2D eigenvalue weighted by molar-refractivity contribution is -0.143. The molecule has 244 valence electrons. The van der Waals surface area contributed by atoms with Crippen molar-refractivity contribution < 1.29 is 28.8 Å². The molecule has 3 unspecified atom stereocenters. The minimum absolute atomic E-state index is 0.0519. The Morgan fingerprint density at radius 3 is 1.98 bits per heavy atom. The summed E-state index contributed by atoms with van der Waals surface area (Å²) in [6, 6.07) is 4.80. The van der Waals surface area contributed by atoms with Crippen LogP contribution in [0.15, 0.2) is 30.3 Å². The van der Waals surface area contributed by atoms with Crippen molar-refractivity contribution >= 4 is 35.3 Å². The largest absolute Gasteiger partial charge is 0.363 e. The van der Waals surface area contributed by atoms with Gasteiger partial charge in [-0.1, -0.05) is 91.1 Å². The third kappa shape index (κ3) is 10.7. The van der Waals surface area contributed by atoms with E-state index in [4.69, 9.17) is 5.73 Å². The fourth-order valence-electron chi connectivity index (χ4n) is 5.05. The molecule has 1 aliphatic carbocycles. The molecule has 2 aliphatic rings. The van der Waals surface area contributed by atoms with E-state index in [2.05, 4.69) is 22.9 Å². The van der Waals surface area contributed by atoms with Crippen molar-refractivity contribution in [2.45, 2.75) is 111 Å². The summed E-state index contributed by atoms with van der Waals surface area (Å²) in [6.07, 6.45) is 5.48. The number of nitrogens with two attached hydrogens (primary N) is 1. The number of hydrogen-bond acceptors (Lipinski definition) is 6. The molecule has 0 radical (unpaired) electrons. The summed E-state index contributed by atoms with van der Waals surface area (Å²) in [4.78, 5) is 76.7. The molecule has 0 aromatic heterocycles. The van der Waals surface area contributed by atoms with Crippen LogP contribution in [0.3, 0.4) is 0 Å². The molecular formula is C33H51N5O6. The van der Waals surface area contributed by atoms with E-state index in [0.717, 1.165) is 5.92 Å². The lowest BCUT2D eigenvalue weighted by Crippen LogP contribution is -2.60. The van der Waals surface area contributed by atoms with Gasteiger partial charge in [0.15, 0.2) is 5.78 Å². The highest BCUT2D eigenvalue weighted by Crippen LogP contribution is 2.26. The minimum Gasteiger partial charge on any atom is -0.363 e. The summed E-state index contributed by atoms with van der Waals surface area (Å²) in [5.41, 5.74) is 4.86. The van der Waals surface area contributed by atoms with Crippen molar-refractivity contribution in [2.75, 3.05) is 6.54 Å². The minimum atomic E-state index is -1.16. The number of hydrogen-bond donors (Lipinski definition) is 4. The second kappa shape index (κ2) is 16.4. The molecule has 1 saturated carbocycles. The number of urea groups is 1. The maximum atomic E-state index is 13.7. The number of ketones is 2. The Kier molecular flexibility index (Phi) is 13.5. The molecular weight excluding hydrogens is 562 g/mol. The molecule has 11 nitrogen and oxygen atoms in total. The number of primary amides is 1. The van der Waals surface area contributed by atoms with Crippen LogP contribution < -0.4 is 21.7 Å². The molecule has 1 heterocycles. The zero-order valence-electron chi connectivity index (χ0n) is 27.3. The Labute approximate surface area is 261 Å². The highest BCUT2D eigenvalue weighted by molar-refractivity contribution is 6.37. The van der Waals surface area contributed by atoms with Gasteiger partial charge in [0.1, 0.15) is 12.1 Å². The van der Waals surface area contributed by atoms with Gasteiger partial charge >= 0.3 is 6.03 Å². The van der Waals surface area contributed by atoms with Crippen LogP contribution in [0.2, 0.25) is 0 Å². The van der Waals surface area contributed by atoms with Gasteiger partial charge in [-0.2, -0.15) is 0 Å². The van der Waals surface area contributed by atoms with E-state index in [0.29, 0.717) is 24.9 Å². The number of Topliss-reactive ketones (excluding diaryl/α,β-unsaturated/α-hetero) is 2. The second-order valence-corrected chi connectivity index (χ2v) is 13.4. The van der Waals surface area contributed by atoms with Gasteiger partial charge in [-0.05, 0) is 37.0 Å². The topological polar surface area (TPSA) is 168 Å². The highest BCUT2D eigenvalue weighted by atomic mass is 16.2. The van der Waals surface area contributed by atoms with Gasteiger partial charge in [0.05, 0.1) is 6.04 Å². The van der Waals surface area contributed by atoms with Crippen molar-refractivity contribution in [1.82, 2.24) is 20.9 Å². The smallest absolute Gasteiger partial charge is 0.315 e. The van der Waals surface area contributed by atoms with Crippen LogP contribution in [0.1, 0.15) is 97.3 Å². The Balaban J connectivity index is 0.00000122. The van der Waals surface area contributed by atoms with E-state index in [-0.39, 0.29) is 18.1 Å². The second-order valence-electron chi connectivity index (χ2n) is 13.4. The van der Waals surface area contributed by atoms with Gasteiger partial charge in [0.25, 0.3) is 5.91 Å². The molecule has 5 amide bonds. The van der Waals surface area contributed by atoms with E-state index >= 15 is 0 Å². The number of benzene rings is 1. The summed E-state index contributed by atoms with van der Waals surface area (Å²) >= 11 is 0. The van der Waals surface area contributed by atoms with E-state index in [9.17, 15) is 28.8 Å². The zero-order chi connectivity index (χ0) is 33.2. The predicted octanol–water partition coefficient (Wildman–Crippen LogP) is 3.35. The van der Waals surface area contributed by atoms with Crippen molar-refractivity contribution in [2.24, 2.45) is 23.0 Å². The maximum Gasteiger partial charge on any atom is 0.315 e. The van der Waals surface area contributed by atoms with E-state index in [1.165, 1.54) is 31.1 Å². The van der Waals surface area contributed by atoms with Crippen LogP contribution in [0.4, 0.5) is 4.79 Å². The number of likely N-dealkylation sites (tertiary alicyclic amines) is 1. The molecule has 3 rings (SSSR count). The van der Waals surface area contributed by atoms with Gasteiger partial charge in [-0.25, -0.2) is 4.79 Å². The predicted molar refractivity (Wildman–Crippen MR) is 168 cm³/mol. The number of amides is 5. The molecule has 44 heavy (non-hydrogen) atoms. The van der Waals surface area contributed by atoms with Crippen molar-refractivity contribution in [1.29, 1.82) is 0 Å². The van der Waals surface area contributed by atoms with Gasteiger partial charge in [-0.3, -0.25) is 24.0 Å². The average Bonchev–Trinajstić information content (AvgIpc) is 3.44. The lowest BCUT2D eigenvalue weighted by Gasteiger charge is -2.36. The molecule has 11 heteroatoms. The van der Waals surface area contributed by atoms with Crippen LogP contribution in [0, 0.1) is 17.3 Å². The average molecular weight is 614 g/mol. The van der Waals surface area contributed by atoms with Gasteiger partial charge in [-0.15, -0.1) is 0 Å². The molecule has 2 fully saturated rings. The fraction of sp³-hybridized carbons (Fsp3) is 0.636. The summed E-state index contributed by atoms with van der Waals surface area (Å²) in [5, 5.41) is 8.07. The van der Waals surface area contributed by atoms with E-state index < -0.39 is 59.1 Å². The molecule has 0 spiro atoms. The van der Waals surface area contributed by atoms with Crippen LogP contribution >= 0.6 is 0 Å². The number of carbonyl (C=O) groups excluding carboxylic acids is 6. The molecule has 5 N–H and O–H groups in total. The van der Waals surface area contributed by atoms with Crippen molar-refractivity contribution in [3.63, 3.8) is 0 Å². The lowest BCUT2D eigenvalue weighted by atomic mass is 9.85. The van der Waals surface area contributed by atoms with Crippen LogP contribution in [0.25, 0.3) is 0 Å². The van der Waals surface area contributed by atoms with Crippen LogP contribution in [-0.2, 0) is 19.2 Å². The summed E-state index contributed by atoms with van der Waals surface area (Å²) in [5.74, 6) is -2.19. The first-order valence-corrected chi connectivity index (χ1v) is 15.6. The Morgan fingerprint density at radius 1 is 0.909 bits per heavy atom. The molecule has 1 aromatic rings. The molecule has 1 aliphatic heterocycles. The van der Waals surface area contributed by atoms with E-state index in [1.807, 2.05) is 19.9 Å². The zero-order valence-corrected chi connectivity index (χ0v) is 27.3. The Morgan fingerprint density at radius 2 is 1.50 bits per heavy atom. The quantitative estimate of drug-likeness (QED) is 0.220. The normalized spacial score (nSPS) is 18.5. The third-order valence-corrected chi connectivity index (χ3v) is 8.24. The third-order valence-electron chi connectivity index (χ3n) is 8.24. The van der Waals surface area contributed by atoms with Crippen LogP contribution in [0.5, 0.6) is 0 Å². The molecule has 0 bridgehead atoms. The monoisotopic (exact) mass is 613 g/mol. The van der Waals surface area contributed by atoms with Gasteiger partial charge in [0, 0.05) is 24.6 Å². The number of nitrogens with zero attached hydrogens (tertiary/aromatic N) is 1. The summed E-state index contributed by atoms with van der Waals surface area (Å²) in [6.45, 7) is 13.1.